The van der Waals surface area contributed by atoms with Gasteiger partial charge in [-0.05, 0) is 41.3 Å². The average Bonchev–Trinajstić information content (AvgIpc) is 3.53. The summed E-state index contributed by atoms with van der Waals surface area (Å²) in [4.78, 5) is 4.19. The van der Waals surface area contributed by atoms with Crippen molar-refractivity contribution in [2.24, 2.45) is 4.99 Å². The Morgan fingerprint density at radius 2 is 1.62 bits per heavy atom. The van der Waals surface area contributed by atoms with Crippen molar-refractivity contribution in [3.05, 3.63) is 99.0 Å². The fraction of sp³-hybridized carbons (Fsp3) is 0.312. The number of rotatable bonds is 6. The van der Waals surface area contributed by atoms with Gasteiger partial charge < -0.3 is 24.8 Å². The quantitative estimate of drug-likeness (QED) is 0.227. The summed E-state index contributed by atoms with van der Waals surface area (Å²) in [5.41, 5.74) is 9.93. The summed E-state index contributed by atoms with van der Waals surface area (Å²) >= 11 is 0. The summed E-state index contributed by atoms with van der Waals surface area (Å²) in [5, 5.41) is 6.03. The minimum Gasteiger partial charge on any atom is -1.00 e. The number of fused-ring (bicyclic) bond motifs is 1. The SMILES string of the molecule is CC1=C2C3=CN=CC3=C1[Si]2(C)C.CCCCCCc1ccc(-c2cccc3[cH-]c(C)cc23)cc1.[Cl-].[Cl-].[Zr+3]. The van der Waals surface area contributed by atoms with E-state index in [1.807, 2.05) is 12.4 Å². The van der Waals surface area contributed by atoms with Crippen LogP contribution >= 0.6 is 0 Å². The summed E-state index contributed by atoms with van der Waals surface area (Å²) in [5.74, 6) is 0. The van der Waals surface area contributed by atoms with Gasteiger partial charge in [0.2, 0.25) is 0 Å². The molecule has 1 aliphatic carbocycles. The zero-order valence-corrected chi connectivity index (χ0v) is 27.6. The first kappa shape index (κ1) is 31.8. The number of unbranched alkanes of at least 4 members (excludes halogenated alkanes) is 3. The average molecular weight is 625 g/mol. The zero-order valence-electron chi connectivity index (χ0n) is 22.6. The molecule has 0 atom stereocenters. The Labute approximate surface area is 255 Å². The van der Waals surface area contributed by atoms with Gasteiger partial charge in [-0.1, -0.05) is 87.7 Å². The first-order chi connectivity index (χ1) is 16.4. The Balaban J connectivity index is 0.000000274. The molecule has 2 bridgehead atoms. The van der Waals surface area contributed by atoms with E-state index in [9.17, 15) is 0 Å². The van der Waals surface area contributed by atoms with Gasteiger partial charge in [0.05, 0.1) is 0 Å². The number of aryl methyl sites for hydroxylation is 2. The van der Waals surface area contributed by atoms with E-state index >= 15 is 0 Å². The van der Waals surface area contributed by atoms with Crippen LogP contribution < -0.4 is 24.8 Å². The van der Waals surface area contributed by atoms with Gasteiger partial charge in [0.25, 0.3) is 0 Å². The van der Waals surface area contributed by atoms with Crippen LogP contribution in [0.3, 0.4) is 0 Å². The van der Waals surface area contributed by atoms with Crippen molar-refractivity contribution in [3.8, 4) is 11.1 Å². The second-order valence-corrected chi connectivity index (χ2v) is 14.8. The molecule has 5 heteroatoms. The maximum atomic E-state index is 4.19. The van der Waals surface area contributed by atoms with E-state index < -0.39 is 8.07 Å². The smallest absolute Gasteiger partial charge is 1.00 e. The summed E-state index contributed by atoms with van der Waals surface area (Å²) in [6, 6.07) is 20.3. The molecule has 1 nitrogen and oxygen atoms in total. The number of benzene rings is 2. The third-order valence-electron chi connectivity index (χ3n) is 7.72. The van der Waals surface area contributed by atoms with Crippen LogP contribution in [0.4, 0.5) is 0 Å². The molecule has 4 aliphatic rings. The van der Waals surface area contributed by atoms with Gasteiger partial charge in [0, 0.05) is 23.6 Å². The molecule has 3 heterocycles. The third-order valence-corrected chi connectivity index (χ3v) is 11.5. The van der Waals surface area contributed by atoms with Crippen molar-refractivity contribution in [2.45, 2.75) is 66.0 Å². The van der Waals surface area contributed by atoms with Crippen LogP contribution in [0.25, 0.3) is 21.9 Å². The largest absolute Gasteiger partial charge is 3.00 e. The number of allylic oxidation sites excluding steroid dienone is 5. The van der Waals surface area contributed by atoms with Crippen molar-refractivity contribution in [1.82, 2.24) is 0 Å². The van der Waals surface area contributed by atoms with Gasteiger partial charge >= 0.3 is 26.2 Å². The summed E-state index contributed by atoms with van der Waals surface area (Å²) in [6.07, 6.45) is 10.6. The van der Waals surface area contributed by atoms with Gasteiger partial charge in [0.1, 0.15) is 8.07 Å². The molecular weight excluding hydrogens is 589 g/mol. The molecule has 1 radical (unpaired) electrons. The first-order valence-corrected chi connectivity index (χ1v) is 15.9. The normalized spacial score (nSPS) is 15.6. The second kappa shape index (κ2) is 13.1. The first-order valence-electron chi connectivity index (χ1n) is 12.9. The number of nitrogens with zero attached hydrogens (tertiary/aromatic N) is 1. The molecule has 0 aromatic heterocycles. The minimum absolute atomic E-state index is 0. The van der Waals surface area contributed by atoms with Crippen molar-refractivity contribution in [3.63, 3.8) is 0 Å². The van der Waals surface area contributed by atoms with Gasteiger partial charge in [-0.2, -0.15) is 6.07 Å². The molecule has 0 saturated heterocycles. The molecule has 0 fully saturated rings. The van der Waals surface area contributed by atoms with Crippen LogP contribution in [0.5, 0.6) is 0 Å². The van der Waals surface area contributed by atoms with Crippen molar-refractivity contribution in [1.29, 1.82) is 0 Å². The molecule has 0 unspecified atom stereocenters. The number of hydrogen-bond donors (Lipinski definition) is 0. The molecule has 0 amide bonds. The number of hydrogen-bond acceptors (Lipinski definition) is 1. The molecule has 37 heavy (non-hydrogen) atoms. The topological polar surface area (TPSA) is 12.4 Å². The Bertz CT molecular complexity index is 1370. The molecule has 0 N–H and O–H groups in total. The maximum absolute atomic E-state index is 4.19. The standard InChI is InChI=1S/C22H25.C10H11NSi.2ClH.Zr/c1-3-4-5-6-8-18-11-13-19(14-12-18)21-10-7-9-20-15-17(2)16-22(20)21;1-6-9-7-4-11-5-8(7)10(6)12(9,2)3;;;/h7,9-16H,3-6,8H2,1-2H3;4-5H,1-3H3;2*1H;/q-1;;;;+3/p-2. The summed E-state index contributed by atoms with van der Waals surface area (Å²) in [7, 11) is -1.11. The van der Waals surface area contributed by atoms with E-state index in [4.69, 9.17) is 0 Å². The fourth-order valence-corrected chi connectivity index (χ4v) is 10.1. The van der Waals surface area contributed by atoms with Gasteiger partial charge in [-0.25, -0.2) is 0 Å². The van der Waals surface area contributed by atoms with E-state index in [-0.39, 0.29) is 51.0 Å². The Hall–Kier alpha value is -1.38. The Kier molecular flexibility index (Phi) is 11.3. The molecule has 7 rings (SSSR count). The molecule has 3 aromatic rings. The summed E-state index contributed by atoms with van der Waals surface area (Å²) < 4.78 is 0. The van der Waals surface area contributed by atoms with E-state index in [0.717, 1.165) is 0 Å². The van der Waals surface area contributed by atoms with E-state index in [2.05, 4.69) is 93.5 Å². The molecule has 0 saturated carbocycles. The van der Waals surface area contributed by atoms with Crippen molar-refractivity contribution < 1.29 is 51.0 Å². The minimum atomic E-state index is -1.11. The molecule has 0 spiro atoms. The zero-order chi connectivity index (χ0) is 23.9. The van der Waals surface area contributed by atoms with Crippen LogP contribution in [0.1, 0.15) is 50.7 Å². The second-order valence-electron chi connectivity index (χ2n) is 10.6. The van der Waals surface area contributed by atoms with Gasteiger partial charge in [-0.3, -0.25) is 4.99 Å². The number of aliphatic imine (C=N–C) groups is 1. The maximum Gasteiger partial charge on any atom is 3.00 e. The fourth-order valence-electron chi connectivity index (χ4n) is 6.17. The van der Waals surface area contributed by atoms with E-state index in [1.54, 1.807) is 16.0 Å². The van der Waals surface area contributed by atoms with Gasteiger partial charge in [-0.15, -0.1) is 34.5 Å². The van der Waals surface area contributed by atoms with E-state index in [0.29, 0.717) is 0 Å². The monoisotopic (exact) mass is 622 g/mol. The molecule has 3 aromatic carbocycles. The molecule has 191 valence electrons. The number of halogens is 2. The molecular formula is C32H36Cl2NSiZr. The predicted octanol–water partition coefficient (Wildman–Crippen LogP) is 3.04. The van der Waals surface area contributed by atoms with E-state index in [1.165, 1.54) is 76.3 Å². The van der Waals surface area contributed by atoms with Crippen molar-refractivity contribution in [2.75, 3.05) is 0 Å². The van der Waals surface area contributed by atoms with Crippen LogP contribution in [-0.2, 0) is 32.6 Å². The van der Waals surface area contributed by atoms with Crippen molar-refractivity contribution >= 4 is 25.1 Å². The van der Waals surface area contributed by atoms with Crippen LogP contribution in [-0.4, -0.2) is 14.3 Å². The van der Waals surface area contributed by atoms with Crippen LogP contribution in [0.15, 0.2) is 92.9 Å². The van der Waals surface area contributed by atoms with Crippen LogP contribution in [0.2, 0.25) is 13.1 Å². The van der Waals surface area contributed by atoms with Crippen LogP contribution in [0, 0.1) is 6.92 Å². The Morgan fingerprint density at radius 3 is 2.27 bits per heavy atom. The predicted molar refractivity (Wildman–Crippen MR) is 151 cm³/mol. The Morgan fingerprint density at radius 1 is 0.892 bits per heavy atom. The third kappa shape index (κ3) is 5.96. The summed E-state index contributed by atoms with van der Waals surface area (Å²) in [6.45, 7) is 11.6. The van der Waals surface area contributed by atoms with Gasteiger partial charge in [0.15, 0.2) is 0 Å². The molecule has 3 aliphatic heterocycles.